The molecule has 0 unspecified atom stereocenters. The van der Waals surface area contributed by atoms with Crippen molar-refractivity contribution in [3.63, 3.8) is 0 Å². The van der Waals surface area contributed by atoms with Gasteiger partial charge >= 0.3 is 0 Å². The molecule has 0 aliphatic rings. The average Bonchev–Trinajstić information content (AvgIpc) is 2.40. The fourth-order valence-corrected chi connectivity index (χ4v) is 2.09. The van der Waals surface area contributed by atoms with E-state index in [2.05, 4.69) is 53.4 Å². The first-order chi connectivity index (χ1) is 6.57. The summed E-state index contributed by atoms with van der Waals surface area (Å²) < 4.78 is 2.12. The second-order valence-electron chi connectivity index (χ2n) is 3.98. The van der Waals surface area contributed by atoms with Crippen LogP contribution in [0, 0.1) is 13.8 Å². The second kappa shape index (κ2) is 4.96. The molecule has 1 rings (SSSR count). The van der Waals surface area contributed by atoms with Gasteiger partial charge in [-0.05, 0) is 46.1 Å². The molecule has 0 saturated carbocycles. The third kappa shape index (κ3) is 2.38. The summed E-state index contributed by atoms with van der Waals surface area (Å²) >= 11 is 3.46. The van der Waals surface area contributed by atoms with Crippen molar-refractivity contribution < 1.29 is 0 Å². The highest BCUT2D eigenvalue weighted by atomic mass is 79.9. The minimum atomic E-state index is 0.464. The van der Waals surface area contributed by atoms with E-state index >= 15 is 0 Å². The second-order valence-corrected chi connectivity index (χ2v) is 4.77. The Morgan fingerprint density at radius 3 is 2.43 bits per heavy atom. The predicted molar refractivity (Wildman–Crippen MR) is 64.2 cm³/mol. The van der Waals surface area contributed by atoms with Gasteiger partial charge in [0.2, 0.25) is 0 Å². The molecule has 14 heavy (non-hydrogen) atoms. The normalized spacial score (nSPS) is 11.3. The van der Waals surface area contributed by atoms with Gasteiger partial charge in [0, 0.05) is 17.1 Å². The van der Waals surface area contributed by atoms with Crippen LogP contribution in [0.3, 0.4) is 0 Å². The lowest BCUT2D eigenvalue weighted by molar-refractivity contribution is 0.515. The van der Waals surface area contributed by atoms with Gasteiger partial charge in [-0.25, -0.2) is 0 Å². The number of aryl methyl sites for hydroxylation is 1. The number of alkyl halides is 1. The van der Waals surface area contributed by atoms with E-state index in [1.807, 2.05) is 0 Å². The summed E-state index contributed by atoms with van der Waals surface area (Å²) in [6.45, 7) is 8.63. The molecular formula is C11H19BrN2. The van der Waals surface area contributed by atoms with E-state index in [1.165, 1.54) is 23.4 Å². The summed E-state index contributed by atoms with van der Waals surface area (Å²) in [5, 5.41) is 5.63. The van der Waals surface area contributed by atoms with Crippen LogP contribution in [-0.2, 0) is 6.42 Å². The Bertz CT molecular complexity index is 302. The Balaban J connectivity index is 2.93. The Kier molecular flexibility index (Phi) is 4.17. The zero-order valence-corrected chi connectivity index (χ0v) is 11.1. The number of hydrogen-bond donors (Lipinski definition) is 0. The first kappa shape index (κ1) is 11.8. The zero-order chi connectivity index (χ0) is 10.7. The molecular weight excluding hydrogens is 240 g/mol. The molecule has 0 N–H and O–H groups in total. The van der Waals surface area contributed by atoms with Gasteiger partial charge in [0.1, 0.15) is 0 Å². The van der Waals surface area contributed by atoms with Crippen LogP contribution < -0.4 is 0 Å². The first-order valence-electron chi connectivity index (χ1n) is 5.18. The van der Waals surface area contributed by atoms with E-state index in [9.17, 15) is 0 Å². The molecule has 0 radical (unpaired) electrons. The SMILES string of the molecule is Cc1nn(C(C)C)c(C)c1CCCBr. The smallest absolute Gasteiger partial charge is 0.0628 e. The Labute approximate surface area is 94.8 Å². The highest BCUT2D eigenvalue weighted by Crippen LogP contribution is 2.18. The van der Waals surface area contributed by atoms with Gasteiger partial charge in [-0.3, -0.25) is 4.68 Å². The first-order valence-corrected chi connectivity index (χ1v) is 6.30. The summed E-state index contributed by atoms with van der Waals surface area (Å²) in [6.07, 6.45) is 2.32. The van der Waals surface area contributed by atoms with Gasteiger partial charge in [0.05, 0.1) is 5.69 Å². The van der Waals surface area contributed by atoms with Crippen molar-refractivity contribution in [2.24, 2.45) is 0 Å². The standard InChI is InChI=1S/C11H19BrN2/c1-8(2)14-10(4)11(6-5-7-12)9(3)13-14/h8H,5-7H2,1-4H3. The zero-order valence-electron chi connectivity index (χ0n) is 9.47. The van der Waals surface area contributed by atoms with E-state index < -0.39 is 0 Å². The minimum Gasteiger partial charge on any atom is -0.267 e. The van der Waals surface area contributed by atoms with Gasteiger partial charge in [0.25, 0.3) is 0 Å². The third-order valence-corrected chi connectivity index (χ3v) is 3.09. The fraction of sp³-hybridized carbons (Fsp3) is 0.727. The van der Waals surface area contributed by atoms with Crippen LogP contribution in [-0.4, -0.2) is 15.1 Å². The van der Waals surface area contributed by atoms with Gasteiger partial charge in [0.15, 0.2) is 0 Å². The minimum absolute atomic E-state index is 0.464. The third-order valence-electron chi connectivity index (χ3n) is 2.52. The van der Waals surface area contributed by atoms with Gasteiger partial charge in [-0.2, -0.15) is 5.10 Å². The van der Waals surface area contributed by atoms with E-state index in [0.717, 1.165) is 11.8 Å². The van der Waals surface area contributed by atoms with Crippen LogP contribution in [0.1, 0.15) is 43.3 Å². The molecule has 0 aliphatic carbocycles. The Morgan fingerprint density at radius 1 is 1.36 bits per heavy atom. The molecule has 0 bridgehead atoms. The van der Waals surface area contributed by atoms with E-state index in [4.69, 9.17) is 0 Å². The van der Waals surface area contributed by atoms with Crippen LogP contribution >= 0.6 is 15.9 Å². The van der Waals surface area contributed by atoms with Crippen LogP contribution in [0.4, 0.5) is 0 Å². The summed E-state index contributed by atoms with van der Waals surface area (Å²) in [5.41, 5.74) is 3.95. The molecule has 80 valence electrons. The summed E-state index contributed by atoms with van der Waals surface area (Å²) in [4.78, 5) is 0. The quantitative estimate of drug-likeness (QED) is 0.758. The van der Waals surface area contributed by atoms with Crippen molar-refractivity contribution in [2.75, 3.05) is 5.33 Å². The van der Waals surface area contributed by atoms with Crippen molar-refractivity contribution in [1.29, 1.82) is 0 Å². The lowest BCUT2D eigenvalue weighted by atomic mass is 10.1. The molecule has 0 spiro atoms. The molecule has 0 amide bonds. The maximum Gasteiger partial charge on any atom is 0.0628 e. The molecule has 0 atom stereocenters. The van der Waals surface area contributed by atoms with Crippen LogP contribution in [0.2, 0.25) is 0 Å². The number of rotatable bonds is 4. The Hall–Kier alpha value is -0.310. The molecule has 3 heteroatoms. The lowest BCUT2D eigenvalue weighted by Crippen LogP contribution is -2.05. The predicted octanol–water partition coefficient (Wildman–Crippen LogP) is 3.41. The fourth-order valence-electron chi connectivity index (χ4n) is 1.81. The molecule has 1 aromatic rings. The van der Waals surface area contributed by atoms with Crippen molar-refractivity contribution in [3.05, 3.63) is 17.0 Å². The molecule has 0 aromatic carbocycles. The number of halogens is 1. The van der Waals surface area contributed by atoms with Crippen molar-refractivity contribution in [1.82, 2.24) is 9.78 Å². The van der Waals surface area contributed by atoms with Gasteiger partial charge in [-0.15, -0.1) is 0 Å². The highest BCUT2D eigenvalue weighted by Gasteiger charge is 2.12. The van der Waals surface area contributed by atoms with Gasteiger partial charge in [-0.1, -0.05) is 15.9 Å². The largest absolute Gasteiger partial charge is 0.267 e. The topological polar surface area (TPSA) is 17.8 Å². The van der Waals surface area contributed by atoms with E-state index in [-0.39, 0.29) is 0 Å². The Morgan fingerprint density at radius 2 is 2.00 bits per heavy atom. The molecule has 0 fully saturated rings. The van der Waals surface area contributed by atoms with Crippen LogP contribution in [0.25, 0.3) is 0 Å². The number of aromatic nitrogens is 2. The van der Waals surface area contributed by atoms with Crippen molar-refractivity contribution in [2.45, 2.75) is 46.6 Å². The van der Waals surface area contributed by atoms with Crippen molar-refractivity contribution in [3.8, 4) is 0 Å². The maximum absolute atomic E-state index is 4.56. The molecule has 0 saturated heterocycles. The monoisotopic (exact) mass is 258 g/mol. The molecule has 2 nitrogen and oxygen atoms in total. The molecule has 1 aromatic heterocycles. The lowest BCUT2D eigenvalue weighted by Gasteiger charge is -2.08. The summed E-state index contributed by atoms with van der Waals surface area (Å²) in [5.74, 6) is 0. The van der Waals surface area contributed by atoms with Crippen LogP contribution in [0.15, 0.2) is 0 Å². The van der Waals surface area contributed by atoms with Crippen molar-refractivity contribution >= 4 is 15.9 Å². The summed E-state index contributed by atoms with van der Waals surface area (Å²) in [7, 11) is 0. The summed E-state index contributed by atoms with van der Waals surface area (Å²) in [6, 6.07) is 0.464. The number of nitrogens with zero attached hydrogens (tertiary/aromatic N) is 2. The van der Waals surface area contributed by atoms with E-state index in [1.54, 1.807) is 0 Å². The molecule has 1 heterocycles. The maximum atomic E-state index is 4.56. The van der Waals surface area contributed by atoms with E-state index in [0.29, 0.717) is 6.04 Å². The highest BCUT2D eigenvalue weighted by molar-refractivity contribution is 9.09. The molecule has 0 aliphatic heterocycles. The van der Waals surface area contributed by atoms with Crippen LogP contribution in [0.5, 0.6) is 0 Å². The number of hydrogen-bond acceptors (Lipinski definition) is 1. The average molecular weight is 259 g/mol. The van der Waals surface area contributed by atoms with Gasteiger partial charge < -0.3 is 0 Å².